The molecule has 8 nitrogen and oxygen atoms in total. The first-order chi connectivity index (χ1) is 18.2. The van der Waals surface area contributed by atoms with Gasteiger partial charge >= 0.3 is 0 Å². The van der Waals surface area contributed by atoms with E-state index in [1.807, 2.05) is 6.07 Å². The van der Waals surface area contributed by atoms with Crippen LogP contribution in [0.25, 0.3) is 17.1 Å². The molecule has 0 fully saturated rings. The molecule has 1 aromatic heterocycles. The van der Waals surface area contributed by atoms with Crippen LogP contribution in [0.4, 0.5) is 14.5 Å². The zero-order valence-electron chi connectivity index (χ0n) is 20.6. The third-order valence-corrected chi connectivity index (χ3v) is 8.62. The van der Waals surface area contributed by atoms with Crippen LogP contribution in [-0.4, -0.2) is 52.2 Å². The van der Waals surface area contributed by atoms with Crippen molar-refractivity contribution in [3.8, 4) is 17.1 Å². The number of rotatable bonds is 10. The van der Waals surface area contributed by atoms with Gasteiger partial charge in [-0.15, -0.1) is 10.2 Å². The smallest absolute Gasteiger partial charge is 0.243 e. The number of aromatic nitrogens is 3. The Morgan fingerprint density at radius 2 is 1.66 bits per heavy atom. The summed E-state index contributed by atoms with van der Waals surface area (Å²) in [5.74, 6) is -1.65. The van der Waals surface area contributed by atoms with E-state index >= 15 is 0 Å². The van der Waals surface area contributed by atoms with Crippen molar-refractivity contribution >= 4 is 33.4 Å². The highest BCUT2D eigenvalue weighted by Crippen LogP contribution is 2.29. The fraction of sp³-hybridized carbons (Fsp3) is 0.192. The lowest BCUT2D eigenvalue weighted by atomic mass is 10.2. The van der Waals surface area contributed by atoms with E-state index in [0.29, 0.717) is 30.2 Å². The molecule has 0 saturated carbocycles. The molecule has 1 amide bonds. The standard InChI is InChI=1S/C26H25F2N5O3S2/c1-3-32(4-2)38(35,36)21-13-11-20(12-14-21)29-24(34)17-37-26-31-30-25(18-8-6-5-7-9-18)33(26)23-15-10-19(27)16-22(23)28/h5-16H,3-4,17H2,1-2H3,(H,29,34). The Morgan fingerprint density at radius 1 is 0.974 bits per heavy atom. The van der Waals surface area contributed by atoms with Gasteiger partial charge in [0.1, 0.15) is 11.6 Å². The van der Waals surface area contributed by atoms with Crippen molar-refractivity contribution in [2.75, 3.05) is 24.2 Å². The Balaban J connectivity index is 1.52. The van der Waals surface area contributed by atoms with Gasteiger partial charge in [0.2, 0.25) is 15.9 Å². The van der Waals surface area contributed by atoms with Crippen LogP contribution in [0.1, 0.15) is 13.8 Å². The Labute approximate surface area is 223 Å². The highest BCUT2D eigenvalue weighted by atomic mass is 32.2. The summed E-state index contributed by atoms with van der Waals surface area (Å²) in [6.45, 7) is 4.24. The second-order valence-corrected chi connectivity index (χ2v) is 10.9. The molecular weight excluding hydrogens is 532 g/mol. The number of benzene rings is 3. The number of carbonyl (C=O) groups is 1. The van der Waals surface area contributed by atoms with Crippen molar-refractivity contribution in [2.45, 2.75) is 23.9 Å². The number of amides is 1. The molecule has 38 heavy (non-hydrogen) atoms. The highest BCUT2D eigenvalue weighted by molar-refractivity contribution is 7.99. The van der Waals surface area contributed by atoms with Gasteiger partial charge in [0, 0.05) is 30.4 Å². The molecular formula is C26H25F2N5O3S2. The number of hydrogen-bond acceptors (Lipinski definition) is 6. The molecule has 0 unspecified atom stereocenters. The van der Waals surface area contributed by atoms with Crippen LogP contribution in [0, 0.1) is 11.6 Å². The van der Waals surface area contributed by atoms with E-state index in [2.05, 4.69) is 15.5 Å². The average Bonchev–Trinajstić information content (AvgIpc) is 3.32. The minimum atomic E-state index is -3.61. The van der Waals surface area contributed by atoms with Crippen molar-refractivity contribution in [1.29, 1.82) is 0 Å². The molecule has 0 aliphatic heterocycles. The molecule has 1 heterocycles. The third-order valence-electron chi connectivity index (χ3n) is 5.63. The summed E-state index contributed by atoms with van der Waals surface area (Å²) in [6, 6.07) is 18.1. The van der Waals surface area contributed by atoms with Gasteiger partial charge in [-0.2, -0.15) is 4.31 Å². The summed E-state index contributed by atoms with van der Waals surface area (Å²) in [5.41, 5.74) is 1.13. The van der Waals surface area contributed by atoms with E-state index in [4.69, 9.17) is 0 Å². The van der Waals surface area contributed by atoms with Crippen LogP contribution in [0.2, 0.25) is 0 Å². The maximum absolute atomic E-state index is 14.7. The number of carbonyl (C=O) groups excluding carboxylic acids is 1. The topological polar surface area (TPSA) is 97.2 Å². The first kappa shape index (κ1) is 27.4. The lowest BCUT2D eigenvalue weighted by molar-refractivity contribution is -0.113. The molecule has 0 spiro atoms. The van der Waals surface area contributed by atoms with Crippen LogP contribution in [0.3, 0.4) is 0 Å². The largest absolute Gasteiger partial charge is 0.325 e. The average molecular weight is 558 g/mol. The zero-order valence-corrected chi connectivity index (χ0v) is 22.3. The lowest BCUT2D eigenvalue weighted by Gasteiger charge is -2.18. The Hall–Kier alpha value is -3.61. The minimum Gasteiger partial charge on any atom is -0.325 e. The monoisotopic (exact) mass is 557 g/mol. The second kappa shape index (κ2) is 11.8. The predicted octanol–water partition coefficient (Wildman–Crippen LogP) is 4.97. The van der Waals surface area contributed by atoms with Gasteiger partial charge in [-0.3, -0.25) is 9.36 Å². The molecule has 0 saturated heterocycles. The quantitative estimate of drug-likeness (QED) is 0.277. The number of nitrogens with zero attached hydrogens (tertiary/aromatic N) is 4. The molecule has 0 aliphatic carbocycles. The van der Waals surface area contributed by atoms with E-state index < -0.39 is 21.7 Å². The summed E-state index contributed by atoms with van der Waals surface area (Å²) in [7, 11) is -3.61. The van der Waals surface area contributed by atoms with Crippen molar-refractivity contribution in [2.24, 2.45) is 0 Å². The molecule has 3 aromatic carbocycles. The maximum Gasteiger partial charge on any atom is 0.243 e. The van der Waals surface area contributed by atoms with Gasteiger partial charge in [0.15, 0.2) is 11.0 Å². The molecule has 0 aliphatic rings. The SMILES string of the molecule is CCN(CC)S(=O)(=O)c1ccc(NC(=O)CSc2nnc(-c3ccccc3)n2-c2ccc(F)cc2F)cc1. The van der Waals surface area contributed by atoms with Crippen molar-refractivity contribution in [3.05, 3.63) is 84.4 Å². The molecule has 1 N–H and O–H groups in total. The molecule has 0 radical (unpaired) electrons. The van der Waals surface area contributed by atoms with E-state index in [1.54, 1.807) is 38.1 Å². The van der Waals surface area contributed by atoms with Gasteiger partial charge in [-0.25, -0.2) is 17.2 Å². The fourth-order valence-electron chi connectivity index (χ4n) is 3.77. The first-order valence-electron chi connectivity index (χ1n) is 11.7. The third kappa shape index (κ3) is 5.93. The highest BCUT2D eigenvalue weighted by Gasteiger charge is 2.22. The van der Waals surface area contributed by atoms with Crippen molar-refractivity contribution in [3.63, 3.8) is 0 Å². The number of nitrogens with one attached hydrogen (secondary N) is 1. The van der Waals surface area contributed by atoms with Gasteiger partial charge < -0.3 is 5.32 Å². The van der Waals surface area contributed by atoms with Gasteiger partial charge in [0.25, 0.3) is 0 Å². The number of anilines is 1. The lowest BCUT2D eigenvalue weighted by Crippen LogP contribution is -2.30. The van der Waals surface area contributed by atoms with Gasteiger partial charge in [-0.1, -0.05) is 55.9 Å². The summed E-state index contributed by atoms with van der Waals surface area (Å²) in [4.78, 5) is 12.8. The number of halogens is 2. The fourth-order valence-corrected chi connectivity index (χ4v) is 5.97. The minimum absolute atomic E-state index is 0.0446. The zero-order chi connectivity index (χ0) is 27.3. The summed E-state index contributed by atoms with van der Waals surface area (Å²) in [6.07, 6.45) is 0. The molecule has 12 heteroatoms. The van der Waals surface area contributed by atoms with Gasteiger partial charge in [-0.05, 0) is 36.4 Å². The van der Waals surface area contributed by atoms with Crippen LogP contribution in [0.5, 0.6) is 0 Å². The Bertz CT molecular complexity index is 1520. The van der Waals surface area contributed by atoms with Crippen LogP contribution in [0.15, 0.2) is 82.8 Å². The van der Waals surface area contributed by atoms with Crippen molar-refractivity contribution < 1.29 is 22.0 Å². The van der Waals surface area contributed by atoms with Crippen molar-refractivity contribution in [1.82, 2.24) is 19.1 Å². The molecule has 4 rings (SSSR count). The van der Waals surface area contributed by atoms with Gasteiger partial charge in [0.05, 0.1) is 16.3 Å². The van der Waals surface area contributed by atoms with Crippen LogP contribution in [-0.2, 0) is 14.8 Å². The second-order valence-electron chi connectivity index (χ2n) is 8.05. The maximum atomic E-state index is 14.7. The number of hydrogen-bond donors (Lipinski definition) is 1. The van der Waals surface area contributed by atoms with E-state index in [0.717, 1.165) is 23.9 Å². The Kier molecular flexibility index (Phi) is 8.55. The van der Waals surface area contributed by atoms with E-state index in [1.165, 1.54) is 39.2 Å². The molecule has 198 valence electrons. The summed E-state index contributed by atoms with van der Waals surface area (Å²) in [5, 5.41) is 11.3. The molecule has 0 bridgehead atoms. The Morgan fingerprint density at radius 3 is 2.29 bits per heavy atom. The van der Waals surface area contributed by atoms with Crippen LogP contribution >= 0.6 is 11.8 Å². The summed E-state index contributed by atoms with van der Waals surface area (Å²) < 4.78 is 56.4. The number of sulfonamides is 1. The van der Waals surface area contributed by atoms with Crippen LogP contribution < -0.4 is 5.32 Å². The first-order valence-corrected chi connectivity index (χ1v) is 14.2. The molecule has 0 atom stereocenters. The number of thioether (sulfide) groups is 1. The predicted molar refractivity (Wildman–Crippen MR) is 143 cm³/mol. The normalized spacial score (nSPS) is 11.6. The summed E-state index contributed by atoms with van der Waals surface area (Å²) >= 11 is 1.03. The molecule has 4 aromatic rings. The van der Waals surface area contributed by atoms with E-state index in [9.17, 15) is 22.0 Å². The van der Waals surface area contributed by atoms with E-state index in [-0.39, 0.29) is 27.4 Å².